The molecule has 0 aliphatic heterocycles. The van der Waals surface area contributed by atoms with Gasteiger partial charge in [-0.2, -0.15) is 9.97 Å². The fraction of sp³-hybridized carbons (Fsp3) is 0.290. The minimum Gasteiger partial charge on any atom is -0.368 e. The Morgan fingerprint density at radius 1 is 0.598 bits per heavy atom. The normalized spacial score (nSPS) is 11.8. The SMILES string of the molecule is C.C.CCC[CH2][Sn]([CH2]CCC)([CH2]CCC)[c]1cscn1.C[C@H](Nc1nc(N)ncc1-c1cscn1)c1cc2cccc(Cl)c2c(=O)n1-c1ccccc1.C[C@H](Nc1nc(N)ncc1Br)c1cc2cccc(Cl)c2c(=O)n1-c1ccccc1. The molecule has 0 aliphatic rings. The topological polar surface area (TPSA) is 197 Å². The zero-order chi connectivity index (χ0) is 56.8. The van der Waals surface area contributed by atoms with Gasteiger partial charge in [-0.15, -0.1) is 11.3 Å². The van der Waals surface area contributed by atoms with Crippen LogP contribution in [0.25, 0.3) is 44.2 Å². The van der Waals surface area contributed by atoms with Crippen LogP contribution in [0.5, 0.6) is 0 Å². The summed E-state index contributed by atoms with van der Waals surface area (Å²) < 4.78 is 10.2. The summed E-state index contributed by atoms with van der Waals surface area (Å²) in [5.41, 5.74) is 19.6. The number of aromatic nitrogens is 8. The van der Waals surface area contributed by atoms with Gasteiger partial charge in [0.25, 0.3) is 11.1 Å². The fourth-order valence-corrected chi connectivity index (χ4v) is 29.0. The second kappa shape index (κ2) is 30.9. The molecule has 0 spiro atoms. The average molecular weight is 1350 g/mol. The van der Waals surface area contributed by atoms with Gasteiger partial charge in [0, 0.05) is 40.5 Å². The Bertz CT molecular complexity index is 3740. The maximum Gasteiger partial charge on any atom is 0.264 e. The van der Waals surface area contributed by atoms with Gasteiger partial charge in [0.1, 0.15) is 11.6 Å². The summed E-state index contributed by atoms with van der Waals surface area (Å²) in [6.45, 7) is 10.9. The van der Waals surface area contributed by atoms with Crippen molar-refractivity contribution in [3.8, 4) is 22.6 Å². The number of halogens is 3. The number of pyridine rings is 2. The number of thiazole rings is 2. The minimum absolute atomic E-state index is 0. The van der Waals surface area contributed by atoms with Crippen LogP contribution in [0.2, 0.25) is 23.4 Å². The minimum atomic E-state index is -2.13. The second-order valence-corrected chi connectivity index (χ2v) is 35.6. The van der Waals surface area contributed by atoms with Gasteiger partial charge in [0.05, 0.1) is 54.1 Å². The van der Waals surface area contributed by atoms with E-state index in [2.05, 4.69) is 83.1 Å². The van der Waals surface area contributed by atoms with E-state index in [9.17, 15) is 9.59 Å². The molecule has 2 atom stereocenters. The van der Waals surface area contributed by atoms with Crippen LogP contribution in [0.1, 0.15) is 111 Å². The van der Waals surface area contributed by atoms with E-state index in [0.29, 0.717) is 36.9 Å². The molecule has 6 heterocycles. The van der Waals surface area contributed by atoms with E-state index in [1.165, 1.54) is 63.2 Å². The Morgan fingerprint density at radius 3 is 1.50 bits per heavy atom. The summed E-state index contributed by atoms with van der Waals surface area (Å²) in [6.07, 6.45) is 11.6. The maximum absolute atomic E-state index is 13.6. The molecule has 0 amide bonds. The molecule has 10 aromatic rings. The van der Waals surface area contributed by atoms with E-state index in [1.54, 1.807) is 42.9 Å². The number of nitrogens with two attached hydrogens (primary N) is 2. The van der Waals surface area contributed by atoms with E-state index >= 15 is 0 Å². The molecule has 0 saturated heterocycles. The second-order valence-electron chi connectivity index (χ2n) is 19.5. The van der Waals surface area contributed by atoms with Gasteiger partial charge >= 0.3 is 122 Å². The molecule has 430 valence electrons. The Morgan fingerprint density at radius 2 is 1.05 bits per heavy atom. The Balaban J connectivity index is 0.000000204. The smallest absolute Gasteiger partial charge is 0.264 e. The number of hydrogen-bond donors (Lipinski definition) is 4. The Kier molecular flexibility index (Phi) is 24.5. The van der Waals surface area contributed by atoms with Crippen molar-refractivity contribution in [1.29, 1.82) is 0 Å². The van der Waals surface area contributed by atoms with Crippen molar-refractivity contribution in [1.82, 2.24) is 39.0 Å². The van der Waals surface area contributed by atoms with E-state index in [4.69, 9.17) is 39.7 Å². The zero-order valence-electron chi connectivity index (χ0n) is 45.4. The molecule has 6 aromatic heterocycles. The van der Waals surface area contributed by atoms with Crippen molar-refractivity contribution >= 4 is 129 Å². The molecule has 0 aliphatic carbocycles. The van der Waals surface area contributed by atoms with Crippen LogP contribution < -0.4 is 36.9 Å². The summed E-state index contributed by atoms with van der Waals surface area (Å²) in [5.74, 6) is 1.39. The van der Waals surface area contributed by atoms with Crippen LogP contribution in [0.3, 0.4) is 0 Å². The molecule has 0 fully saturated rings. The van der Waals surface area contributed by atoms with Gasteiger partial charge in [0.15, 0.2) is 0 Å². The molecule has 14 nitrogen and oxygen atoms in total. The van der Waals surface area contributed by atoms with Crippen LogP contribution in [0.4, 0.5) is 23.5 Å². The third-order valence-corrected chi connectivity index (χ3v) is 32.0. The molecular formula is C62H73BrCl2N12O2S2Sn. The number of nitrogens with one attached hydrogen (secondary N) is 2. The first-order chi connectivity index (χ1) is 38.8. The third kappa shape index (κ3) is 15.5. The molecule has 0 radical (unpaired) electrons. The third-order valence-electron chi connectivity index (χ3n) is 14.0. The van der Waals surface area contributed by atoms with Gasteiger partial charge < -0.3 is 22.1 Å². The van der Waals surface area contributed by atoms with Crippen molar-refractivity contribution < 1.29 is 0 Å². The molecule has 0 saturated carbocycles. The van der Waals surface area contributed by atoms with E-state index in [0.717, 1.165) is 44.8 Å². The van der Waals surface area contributed by atoms with Crippen molar-refractivity contribution in [2.45, 2.75) is 113 Å². The first-order valence-corrected chi connectivity index (χ1v) is 37.7. The number of unbranched alkanes of at least 4 members (excludes halogenated alkanes) is 3. The maximum atomic E-state index is 13.6. The van der Waals surface area contributed by atoms with Gasteiger partial charge in [-0.1, -0.05) is 98.7 Å². The van der Waals surface area contributed by atoms with Gasteiger partial charge in [-0.3, -0.25) is 18.7 Å². The number of fused-ring (bicyclic) bond motifs is 2. The average Bonchev–Trinajstić information content (AvgIpc) is 4.04. The standard InChI is InChI=1S/C24H19ClN6OS.C21H17BrClN5O.3C4H9.C3H2NS.2CH4.Sn/c1-14(29-22-17(11-27-24(26)30-22)19-12-33-13-28-19)20-10-15-6-5-9-18(25)21(15)23(32)31(20)16-7-3-2-4-8-16;1-12(26-19-15(22)11-25-21(24)27-19)17-10-13-6-5-9-16(23)18(13)20(29)28(17)14-7-3-2-4-8-14;3*1-3-4-2;1-2-5-3-4-1;;;/h2-14H,1H3,(H3,26,27,29,30);2-12H,1H3,(H3,24,25,26,27);3*1,3-4H2,2H3;2-3H;2*1H4;/t14-;12-;;;;;;;/m00......./s1. The summed E-state index contributed by atoms with van der Waals surface area (Å²) in [4.78, 5) is 52.9. The molecule has 6 N–H and O–H groups in total. The number of anilines is 4. The van der Waals surface area contributed by atoms with Crippen LogP contribution in [-0.4, -0.2) is 57.4 Å². The van der Waals surface area contributed by atoms with E-state index < -0.39 is 18.4 Å². The van der Waals surface area contributed by atoms with Crippen LogP contribution >= 0.6 is 61.8 Å². The number of benzene rings is 4. The van der Waals surface area contributed by atoms with Crippen LogP contribution in [-0.2, 0) is 0 Å². The van der Waals surface area contributed by atoms with E-state index in [-0.39, 0.29) is 50.0 Å². The first kappa shape index (κ1) is 64.9. The number of nitrogens with zero attached hydrogens (tertiary/aromatic N) is 8. The van der Waals surface area contributed by atoms with Gasteiger partial charge in [0.2, 0.25) is 11.9 Å². The molecule has 0 unspecified atom stereocenters. The van der Waals surface area contributed by atoms with E-state index in [1.807, 2.05) is 128 Å². The van der Waals surface area contributed by atoms with Crippen molar-refractivity contribution in [2.75, 3.05) is 22.1 Å². The molecule has 4 aromatic carbocycles. The summed E-state index contributed by atoms with van der Waals surface area (Å²) in [5, 5.41) is 14.4. The summed E-state index contributed by atoms with van der Waals surface area (Å²) in [6, 6.07) is 33.2. The summed E-state index contributed by atoms with van der Waals surface area (Å²) in [7, 11) is 0. The van der Waals surface area contributed by atoms with Crippen LogP contribution in [0.15, 0.2) is 157 Å². The van der Waals surface area contributed by atoms with Crippen molar-refractivity contribution in [3.63, 3.8) is 0 Å². The predicted molar refractivity (Wildman–Crippen MR) is 355 cm³/mol. The molecule has 20 heteroatoms. The molecule has 82 heavy (non-hydrogen) atoms. The fourth-order valence-electron chi connectivity index (χ4n) is 9.86. The number of para-hydroxylation sites is 2. The number of rotatable bonds is 19. The van der Waals surface area contributed by atoms with Gasteiger partial charge in [-0.05, 0) is 89.1 Å². The zero-order valence-corrected chi connectivity index (χ0v) is 53.0. The predicted octanol–water partition coefficient (Wildman–Crippen LogP) is 16.7. The molecule has 0 bridgehead atoms. The Labute approximate surface area is 511 Å². The monoisotopic (exact) mass is 1350 g/mol. The summed E-state index contributed by atoms with van der Waals surface area (Å²) >= 11 is 17.4. The Hall–Kier alpha value is -6.22. The number of hydrogen-bond acceptors (Lipinski definition) is 14. The first-order valence-electron chi connectivity index (χ1n) is 26.8. The van der Waals surface area contributed by atoms with Crippen molar-refractivity contribution in [3.05, 3.63) is 190 Å². The van der Waals surface area contributed by atoms with Crippen molar-refractivity contribution in [2.24, 2.45) is 0 Å². The number of nitrogen functional groups attached to an aromatic ring is 2. The molecular weight excluding hydrogens is 1280 g/mol. The van der Waals surface area contributed by atoms with Crippen LogP contribution in [0, 0.1) is 0 Å². The quantitative estimate of drug-likeness (QED) is 0.0560. The molecule has 10 rings (SSSR count). The van der Waals surface area contributed by atoms with Gasteiger partial charge in [-0.25, -0.2) is 15.0 Å². The largest absolute Gasteiger partial charge is 0.368 e.